The summed E-state index contributed by atoms with van der Waals surface area (Å²) in [5.74, 6) is 0.885. The predicted molar refractivity (Wildman–Crippen MR) is 81.9 cm³/mol. The van der Waals surface area contributed by atoms with Gasteiger partial charge in [0.25, 0.3) is 0 Å². The van der Waals surface area contributed by atoms with Gasteiger partial charge in [0.1, 0.15) is 5.75 Å². The Morgan fingerprint density at radius 1 is 1.30 bits per heavy atom. The van der Waals surface area contributed by atoms with E-state index in [1.165, 1.54) is 16.7 Å². The van der Waals surface area contributed by atoms with E-state index in [0.29, 0.717) is 6.04 Å². The standard InChI is InChI=1S/C16H23N3O/c1-11(2)17-9-13-8-14(20-5)6-7-15(13)16-10-19(4)18-12(16)3/h6-8,10-11,17H,9H2,1-5H3. The lowest BCUT2D eigenvalue weighted by Gasteiger charge is -2.14. The van der Waals surface area contributed by atoms with Gasteiger partial charge in [-0.05, 0) is 30.2 Å². The first kappa shape index (κ1) is 14.6. The topological polar surface area (TPSA) is 39.1 Å². The first-order chi connectivity index (χ1) is 9.51. The Hall–Kier alpha value is -1.81. The van der Waals surface area contributed by atoms with E-state index in [2.05, 4.69) is 42.6 Å². The van der Waals surface area contributed by atoms with Crippen molar-refractivity contribution in [3.63, 3.8) is 0 Å². The second kappa shape index (κ2) is 6.09. The number of hydrogen-bond donors (Lipinski definition) is 1. The molecule has 4 nitrogen and oxygen atoms in total. The number of ether oxygens (including phenoxy) is 1. The minimum Gasteiger partial charge on any atom is -0.497 e. The third kappa shape index (κ3) is 3.20. The molecule has 0 radical (unpaired) electrons. The molecule has 0 aliphatic rings. The summed E-state index contributed by atoms with van der Waals surface area (Å²) in [6.07, 6.45) is 2.07. The lowest BCUT2D eigenvalue weighted by Crippen LogP contribution is -2.22. The Morgan fingerprint density at radius 2 is 2.05 bits per heavy atom. The van der Waals surface area contributed by atoms with Gasteiger partial charge in [0.15, 0.2) is 0 Å². The van der Waals surface area contributed by atoms with Crippen LogP contribution in [0.1, 0.15) is 25.1 Å². The van der Waals surface area contributed by atoms with Crippen molar-refractivity contribution in [1.82, 2.24) is 15.1 Å². The van der Waals surface area contributed by atoms with E-state index < -0.39 is 0 Å². The lowest BCUT2D eigenvalue weighted by atomic mass is 10.00. The monoisotopic (exact) mass is 273 g/mol. The van der Waals surface area contributed by atoms with Crippen LogP contribution < -0.4 is 10.1 Å². The van der Waals surface area contributed by atoms with E-state index in [9.17, 15) is 0 Å². The predicted octanol–water partition coefficient (Wildman–Crippen LogP) is 2.90. The van der Waals surface area contributed by atoms with Gasteiger partial charge in [-0.2, -0.15) is 5.10 Å². The molecule has 1 aromatic carbocycles. The molecule has 0 saturated carbocycles. The van der Waals surface area contributed by atoms with Crippen LogP contribution in [0.3, 0.4) is 0 Å². The molecule has 0 spiro atoms. The minimum atomic E-state index is 0.448. The summed E-state index contributed by atoms with van der Waals surface area (Å²) in [4.78, 5) is 0. The highest BCUT2D eigenvalue weighted by Crippen LogP contribution is 2.29. The van der Waals surface area contributed by atoms with E-state index in [1.54, 1.807) is 7.11 Å². The third-order valence-corrected chi connectivity index (χ3v) is 3.32. The number of aromatic nitrogens is 2. The van der Waals surface area contributed by atoms with Gasteiger partial charge in [0, 0.05) is 31.4 Å². The van der Waals surface area contributed by atoms with Gasteiger partial charge >= 0.3 is 0 Å². The molecule has 2 aromatic rings. The van der Waals surface area contributed by atoms with Crippen LogP contribution in [0.15, 0.2) is 24.4 Å². The number of nitrogens with zero attached hydrogens (tertiary/aromatic N) is 2. The molecule has 0 bridgehead atoms. The second-order valence-corrected chi connectivity index (χ2v) is 5.36. The maximum Gasteiger partial charge on any atom is 0.119 e. The maximum absolute atomic E-state index is 5.34. The van der Waals surface area contributed by atoms with Crippen LogP contribution in [-0.2, 0) is 13.6 Å². The van der Waals surface area contributed by atoms with Crippen molar-refractivity contribution in [3.05, 3.63) is 35.7 Å². The summed E-state index contributed by atoms with van der Waals surface area (Å²) in [5, 5.41) is 7.90. The number of benzene rings is 1. The van der Waals surface area contributed by atoms with Crippen LogP contribution in [0, 0.1) is 6.92 Å². The molecule has 2 rings (SSSR count). The van der Waals surface area contributed by atoms with Crippen molar-refractivity contribution >= 4 is 0 Å². The normalized spacial score (nSPS) is 11.1. The van der Waals surface area contributed by atoms with Crippen LogP contribution in [-0.4, -0.2) is 22.9 Å². The van der Waals surface area contributed by atoms with Crippen LogP contribution >= 0.6 is 0 Å². The quantitative estimate of drug-likeness (QED) is 0.910. The summed E-state index contributed by atoms with van der Waals surface area (Å²) in [6.45, 7) is 7.15. The van der Waals surface area contributed by atoms with Gasteiger partial charge in [-0.25, -0.2) is 0 Å². The zero-order valence-electron chi connectivity index (χ0n) is 12.9. The van der Waals surface area contributed by atoms with Crippen molar-refractivity contribution < 1.29 is 4.74 Å². The van der Waals surface area contributed by atoms with Crippen molar-refractivity contribution in [2.75, 3.05) is 7.11 Å². The molecule has 4 heteroatoms. The summed E-state index contributed by atoms with van der Waals surface area (Å²) >= 11 is 0. The van der Waals surface area contributed by atoms with Gasteiger partial charge in [-0.3, -0.25) is 4.68 Å². The first-order valence-corrected chi connectivity index (χ1v) is 6.92. The molecular weight excluding hydrogens is 250 g/mol. The SMILES string of the molecule is COc1ccc(-c2cn(C)nc2C)c(CNC(C)C)c1. The molecular formula is C16H23N3O. The second-order valence-electron chi connectivity index (χ2n) is 5.36. The van der Waals surface area contributed by atoms with Crippen molar-refractivity contribution in [3.8, 4) is 16.9 Å². The minimum absolute atomic E-state index is 0.448. The molecule has 0 atom stereocenters. The van der Waals surface area contributed by atoms with Crippen LogP contribution in [0.5, 0.6) is 5.75 Å². The summed E-state index contributed by atoms with van der Waals surface area (Å²) in [7, 11) is 3.65. The Balaban J connectivity index is 2.43. The van der Waals surface area contributed by atoms with E-state index in [4.69, 9.17) is 4.74 Å². The van der Waals surface area contributed by atoms with E-state index in [-0.39, 0.29) is 0 Å². The van der Waals surface area contributed by atoms with Crippen LogP contribution in [0.4, 0.5) is 0 Å². The summed E-state index contributed by atoms with van der Waals surface area (Å²) in [6, 6.07) is 6.65. The van der Waals surface area contributed by atoms with E-state index in [0.717, 1.165) is 18.0 Å². The zero-order chi connectivity index (χ0) is 14.7. The number of aryl methyl sites for hydroxylation is 2. The third-order valence-electron chi connectivity index (χ3n) is 3.32. The number of methoxy groups -OCH3 is 1. The summed E-state index contributed by atoms with van der Waals surface area (Å²) < 4.78 is 7.20. The summed E-state index contributed by atoms with van der Waals surface area (Å²) in [5.41, 5.74) is 4.66. The smallest absolute Gasteiger partial charge is 0.119 e. The van der Waals surface area contributed by atoms with Crippen LogP contribution in [0.25, 0.3) is 11.1 Å². The molecule has 1 heterocycles. The average Bonchev–Trinajstić information content (AvgIpc) is 2.74. The average molecular weight is 273 g/mol. The fourth-order valence-corrected chi connectivity index (χ4v) is 2.28. The highest BCUT2D eigenvalue weighted by molar-refractivity contribution is 5.69. The Bertz CT molecular complexity index is 587. The van der Waals surface area contributed by atoms with E-state index in [1.807, 2.05) is 24.7 Å². The fraction of sp³-hybridized carbons (Fsp3) is 0.438. The maximum atomic E-state index is 5.34. The van der Waals surface area contributed by atoms with Crippen molar-refractivity contribution in [2.24, 2.45) is 7.05 Å². The highest BCUT2D eigenvalue weighted by Gasteiger charge is 2.12. The number of hydrogen-bond acceptors (Lipinski definition) is 3. The molecule has 0 aliphatic heterocycles. The Kier molecular flexibility index (Phi) is 4.45. The Labute approximate surface area is 120 Å². The molecule has 1 N–H and O–H groups in total. The van der Waals surface area contributed by atoms with Crippen LogP contribution in [0.2, 0.25) is 0 Å². The largest absolute Gasteiger partial charge is 0.497 e. The highest BCUT2D eigenvalue weighted by atomic mass is 16.5. The first-order valence-electron chi connectivity index (χ1n) is 6.92. The van der Waals surface area contributed by atoms with E-state index >= 15 is 0 Å². The molecule has 20 heavy (non-hydrogen) atoms. The van der Waals surface area contributed by atoms with Gasteiger partial charge in [-0.15, -0.1) is 0 Å². The lowest BCUT2D eigenvalue weighted by molar-refractivity contribution is 0.414. The van der Waals surface area contributed by atoms with Gasteiger partial charge in [-0.1, -0.05) is 19.9 Å². The Morgan fingerprint density at radius 3 is 2.60 bits per heavy atom. The zero-order valence-corrected chi connectivity index (χ0v) is 12.9. The number of nitrogens with one attached hydrogen (secondary N) is 1. The number of rotatable bonds is 5. The molecule has 1 aromatic heterocycles. The van der Waals surface area contributed by atoms with Gasteiger partial charge < -0.3 is 10.1 Å². The van der Waals surface area contributed by atoms with Crippen molar-refractivity contribution in [2.45, 2.75) is 33.4 Å². The molecule has 0 aliphatic carbocycles. The van der Waals surface area contributed by atoms with Gasteiger partial charge in [0.05, 0.1) is 12.8 Å². The molecule has 0 saturated heterocycles. The van der Waals surface area contributed by atoms with Crippen molar-refractivity contribution in [1.29, 1.82) is 0 Å². The molecule has 0 amide bonds. The molecule has 108 valence electrons. The molecule has 0 unspecified atom stereocenters. The molecule has 0 fully saturated rings. The fourth-order valence-electron chi connectivity index (χ4n) is 2.28. The van der Waals surface area contributed by atoms with Gasteiger partial charge in [0.2, 0.25) is 0 Å².